The zero-order chi connectivity index (χ0) is 13.0. The van der Waals surface area contributed by atoms with E-state index in [0.29, 0.717) is 5.95 Å². The Morgan fingerprint density at radius 3 is 2.78 bits per heavy atom. The van der Waals surface area contributed by atoms with Crippen molar-refractivity contribution in [1.82, 2.24) is 9.97 Å². The molecule has 0 unspecified atom stereocenters. The SMILES string of the molecule is O=C([O-])CCCC(=O)Nc1nc2ccccc2[nH]1. The second-order valence-corrected chi connectivity index (χ2v) is 3.88. The number of imidazole rings is 1. The highest BCUT2D eigenvalue weighted by Gasteiger charge is 2.06. The van der Waals surface area contributed by atoms with Crippen molar-refractivity contribution in [3.8, 4) is 0 Å². The van der Waals surface area contributed by atoms with Crippen LogP contribution in [0.1, 0.15) is 19.3 Å². The average molecular weight is 246 g/mol. The Morgan fingerprint density at radius 2 is 2.06 bits per heavy atom. The minimum absolute atomic E-state index is 0.118. The number of para-hydroxylation sites is 2. The molecule has 18 heavy (non-hydrogen) atoms. The summed E-state index contributed by atoms with van der Waals surface area (Å²) in [6.45, 7) is 0. The van der Waals surface area contributed by atoms with Gasteiger partial charge in [0.2, 0.25) is 11.9 Å². The molecular weight excluding hydrogens is 234 g/mol. The molecule has 0 saturated carbocycles. The van der Waals surface area contributed by atoms with E-state index in [1.165, 1.54) is 0 Å². The molecule has 1 amide bonds. The largest absolute Gasteiger partial charge is 0.550 e. The fourth-order valence-electron chi connectivity index (χ4n) is 1.60. The molecule has 1 aromatic carbocycles. The van der Waals surface area contributed by atoms with Crippen LogP contribution in [0.25, 0.3) is 11.0 Å². The minimum atomic E-state index is -1.15. The number of fused-ring (bicyclic) bond motifs is 1. The predicted molar refractivity (Wildman–Crippen MR) is 63.6 cm³/mol. The van der Waals surface area contributed by atoms with Crippen LogP contribution in [0.3, 0.4) is 0 Å². The van der Waals surface area contributed by atoms with E-state index in [0.717, 1.165) is 11.0 Å². The third-order valence-electron chi connectivity index (χ3n) is 2.43. The molecule has 6 heteroatoms. The average Bonchev–Trinajstić information content (AvgIpc) is 2.70. The van der Waals surface area contributed by atoms with Crippen LogP contribution in [-0.2, 0) is 9.59 Å². The van der Waals surface area contributed by atoms with Crippen LogP contribution in [0.15, 0.2) is 24.3 Å². The van der Waals surface area contributed by atoms with Gasteiger partial charge in [-0.3, -0.25) is 10.1 Å². The highest BCUT2D eigenvalue weighted by molar-refractivity contribution is 5.91. The number of nitrogens with one attached hydrogen (secondary N) is 2. The smallest absolute Gasteiger partial charge is 0.226 e. The first kappa shape index (κ1) is 12.1. The van der Waals surface area contributed by atoms with Crippen molar-refractivity contribution in [1.29, 1.82) is 0 Å². The lowest BCUT2D eigenvalue weighted by Gasteiger charge is -2.02. The fraction of sp³-hybridized carbons (Fsp3) is 0.250. The highest BCUT2D eigenvalue weighted by Crippen LogP contribution is 2.13. The third kappa shape index (κ3) is 3.07. The number of carboxylic acid groups (broad SMARTS) is 1. The molecule has 0 radical (unpaired) electrons. The molecule has 2 aromatic rings. The lowest BCUT2D eigenvalue weighted by molar-refractivity contribution is -0.305. The van der Waals surface area contributed by atoms with Crippen molar-refractivity contribution in [3.05, 3.63) is 24.3 Å². The summed E-state index contributed by atoms with van der Waals surface area (Å²) >= 11 is 0. The topological polar surface area (TPSA) is 97.9 Å². The number of aliphatic carboxylic acids is 1. The maximum absolute atomic E-state index is 11.5. The van der Waals surface area contributed by atoms with E-state index < -0.39 is 5.97 Å². The number of aromatic amines is 1. The van der Waals surface area contributed by atoms with E-state index >= 15 is 0 Å². The molecule has 1 aromatic heterocycles. The van der Waals surface area contributed by atoms with Crippen LogP contribution in [0.5, 0.6) is 0 Å². The van der Waals surface area contributed by atoms with Gasteiger partial charge in [-0.1, -0.05) is 12.1 Å². The van der Waals surface area contributed by atoms with Gasteiger partial charge in [-0.2, -0.15) is 0 Å². The summed E-state index contributed by atoms with van der Waals surface area (Å²) in [6, 6.07) is 7.41. The third-order valence-corrected chi connectivity index (χ3v) is 2.43. The summed E-state index contributed by atoms with van der Waals surface area (Å²) in [5.41, 5.74) is 1.60. The normalized spacial score (nSPS) is 10.4. The van der Waals surface area contributed by atoms with Crippen LogP contribution < -0.4 is 10.4 Å². The number of nitrogens with zero attached hydrogens (tertiary/aromatic N) is 1. The van der Waals surface area contributed by atoms with Crippen molar-refractivity contribution in [2.75, 3.05) is 5.32 Å². The zero-order valence-corrected chi connectivity index (χ0v) is 9.60. The number of H-pyrrole nitrogens is 1. The van der Waals surface area contributed by atoms with Gasteiger partial charge in [0, 0.05) is 12.4 Å². The molecule has 0 aliphatic carbocycles. The summed E-state index contributed by atoms with van der Waals surface area (Å²) in [5.74, 6) is -1.04. The quantitative estimate of drug-likeness (QED) is 0.798. The Hall–Kier alpha value is -2.37. The van der Waals surface area contributed by atoms with Crippen LogP contribution >= 0.6 is 0 Å². The maximum atomic E-state index is 11.5. The first-order valence-corrected chi connectivity index (χ1v) is 5.59. The Kier molecular flexibility index (Phi) is 3.57. The fourth-order valence-corrected chi connectivity index (χ4v) is 1.60. The van der Waals surface area contributed by atoms with Gasteiger partial charge in [-0.25, -0.2) is 4.98 Å². The molecule has 0 spiro atoms. The Morgan fingerprint density at radius 1 is 1.28 bits per heavy atom. The molecule has 94 valence electrons. The number of hydrogen-bond donors (Lipinski definition) is 2. The number of benzene rings is 1. The lowest BCUT2D eigenvalue weighted by atomic mass is 10.2. The molecule has 0 saturated heterocycles. The molecule has 1 heterocycles. The Labute approximate surface area is 103 Å². The molecule has 6 nitrogen and oxygen atoms in total. The standard InChI is InChI=1S/C12H13N3O3/c16-10(6-3-7-11(17)18)15-12-13-8-4-1-2-5-9(8)14-12/h1-2,4-5H,3,6-7H2,(H,17,18)(H2,13,14,15,16)/p-1. The van der Waals surface area contributed by atoms with Crippen molar-refractivity contribution in [2.24, 2.45) is 0 Å². The van der Waals surface area contributed by atoms with Gasteiger partial charge in [0.05, 0.1) is 11.0 Å². The number of carbonyl (C=O) groups is 2. The number of anilines is 1. The molecular formula is C12H12N3O3-. The maximum Gasteiger partial charge on any atom is 0.226 e. The van der Waals surface area contributed by atoms with Gasteiger partial charge in [-0.15, -0.1) is 0 Å². The van der Waals surface area contributed by atoms with Crippen LogP contribution in [0.2, 0.25) is 0 Å². The minimum Gasteiger partial charge on any atom is -0.550 e. The highest BCUT2D eigenvalue weighted by atomic mass is 16.4. The molecule has 0 aliphatic rings. The van der Waals surface area contributed by atoms with Gasteiger partial charge in [-0.05, 0) is 25.0 Å². The van der Waals surface area contributed by atoms with E-state index in [2.05, 4.69) is 15.3 Å². The Balaban J connectivity index is 1.92. The molecule has 0 atom stereocenters. The van der Waals surface area contributed by atoms with E-state index in [-0.39, 0.29) is 25.2 Å². The molecule has 2 N–H and O–H groups in total. The van der Waals surface area contributed by atoms with Crippen LogP contribution in [0.4, 0.5) is 5.95 Å². The van der Waals surface area contributed by atoms with Crippen molar-refractivity contribution >= 4 is 28.9 Å². The van der Waals surface area contributed by atoms with E-state index in [1.54, 1.807) is 0 Å². The second kappa shape index (κ2) is 5.31. The summed E-state index contributed by atoms with van der Waals surface area (Å²) in [4.78, 5) is 28.8. The number of rotatable bonds is 5. The lowest BCUT2D eigenvalue weighted by Crippen LogP contribution is -2.22. The Bertz CT molecular complexity index is 544. The van der Waals surface area contributed by atoms with Gasteiger partial charge in [0.25, 0.3) is 0 Å². The van der Waals surface area contributed by atoms with Crippen LogP contribution in [0, 0.1) is 0 Å². The summed E-state index contributed by atoms with van der Waals surface area (Å²) in [7, 11) is 0. The van der Waals surface area contributed by atoms with Crippen LogP contribution in [-0.4, -0.2) is 21.8 Å². The van der Waals surface area contributed by atoms with Crippen molar-refractivity contribution in [3.63, 3.8) is 0 Å². The van der Waals surface area contributed by atoms with Gasteiger partial charge >= 0.3 is 0 Å². The number of carbonyl (C=O) groups excluding carboxylic acids is 2. The molecule has 0 bridgehead atoms. The van der Waals surface area contributed by atoms with E-state index in [4.69, 9.17) is 0 Å². The summed E-state index contributed by atoms with van der Waals surface area (Å²) < 4.78 is 0. The molecule has 0 aliphatic heterocycles. The number of amides is 1. The van der Waals surface area contributed by atoms with Gasteiger partial charge in [0.1, 0.15) is 0 Å². The number of aromatic nitrogens is 2. The van der Waals surface area contributed by atoms with Gasteiger partial charge < -0.3 is 14.9 Å². The van der Waals surface area contributed by atoms with Crippen molar-refractivity contribution in [2.45, 2.75) is 19.3 Å². The monoisotopic (exact) mass is 246 g/mol. The first-order chi connectivity index (χ1) is 8.65. The molecule has 2 rings (SSSR count). The first-order valence-electron chi connectivity index (χ1n) is 5.59. The summed E-state index contributed by atoms with van der Waals surface area (Å²) in [5, 5.41) is 12.8. The molecule has 0 fully saturated rings. The van der Waals surface area contributed by atoms with Crippen molar-refractivity contribution < 1.29 is 14.7 Å². The zero-order valence-electron chi connectivity index (χ0n) is 9.60. The van der Waals surface area contributed by atoms with Gasteiger partial charge in [0.15, 0.2) is 0 Å². The second-order valence-electron chi connectivity index (χ2n) is 3.88. The number of carboxylic acids is 1. The summed E-state index contributed by atoms with van der Waals surface area (Å²) in [6.07, 6.45) is 0.271. The number of hydrogen-bond acceptors (Lipinski definition) is 4. The van der Waals surface area contributed by atoms with E-state index in [9.17, 15) is 14.7 Å². The van der Waals surface area contributed by atoms with E-state index in [1.807, 2.05) is 24.3 Å². The predicted octanol–water partition coefficient (Wildman–Crippen LogP) is 0.422.